The lowest BCUT2D eigenvalue weighted by Gasteiger charge is -2.30. The summed E-state index contributed by atoms with van der Waals surface area (Å²) in [6.07, 6.45) is 0.923. The van der Waals surface area contributed by atoms with Gasteiger partial charge in [0, 0.05) is 42.1 Å². The van der Waals surface area contributed by atoms with Gasteiger partial charge in [0.1, 0.15) is 13.2 Å². The number of hydrogen-bond donors (Lipinski definition) is 2. The molecule has 0 spiro atoms. The molecule has 0 bridgehead atoms. The second kappa shape index (κ2) is 9.97. The van der Waals surface area contributed by atoms with E-state index < -0.39 is 10.0 Å². The van der Waals surface area contributed by atoms with Crippen LogP contribution in [-0.2, 0) is 14.8 Å². The highest BCUT2D eigenvalue weighted by Crippen LogP contribution is 2.34. The van der Waals surface area contributed by atoms with Gasteiger partial charge in [0.25, 0.3) is 0 Å². The van der Waals surface area contributed by atoms with E-state index in [1.54, 1.807) is 6.07 Å². The van der Waals surface area contributed by atoms with Gasteiger partial charge in [0.05, 0.1) is 4.90 Å². The van der Waals surface area contributed by atoms with E-state index >= 15 is 0 Å². The van der Waals surface area contributed by atoms with Gasteiger partial charge in [0.15, 0.2) is 11.5 Å². The van der Waals surface area contributed by atoms with E-state index in [4.69, 9.17) is 9.47 Å². The summed E-state index contributed by atoms with van der Waals surface area (Å²) in [5.41, 5.74) is 2.62. The van der Waals surface area contributed by atoms with Gasteiger partial charge < -0.3 is 20.1 Å². The van der Waals surface area contributed by atoms with Crippen molar-refractivity contribution in [3.8, 4) is 11.5 Å². The largest absolute Gasteiger partial charge is 0.486 e. The topological polar surface area (TPSA) is 97.0 Å². The predicted octanol–water partition coefficient (Wildman–Crippen LogP) is 4.24. The zero-order valence-electron chi connectivity index (χ0n) is 19.1. The molecule has 0 unspecified atom stereocenters. The molecule has 0 aliphatic carbocycles. The molecule has 3 aromatic rings. The molecule has 2 aliphatic rings. The van der Waals surface area contributed by atoms with E-state index in [1.165, 1.54) is 16.4 Å². The third-order valence-corrected chi connectivity index (χ3v) is 8.09. The normalized spacial score (nSPS) is 16.5. The lowest BCUT2D eigenvalue weighted by molar-refractivity contribution is -0.120. The number of fused-ring (bicyclic) bond motifs is 1. The summed E-state index contributed by atoms with van der Waals surface area (Å²) in [5.74, 6) is 0.653. The maximum atomic E-state index is 13.1. The number of nitrogens with zero attached hydrogens (tertiary/aromatic N) is 1. The number of amides is 1. The van der Waals surface area contributed by atoms with Gasteiger partial charge in [-0.25, -0.2) is 8.42 Å². The van der Waals surface area contributed by atoms with Crippen molar-refractivity contribution in [3.05, 3.63) is 72.8 Å². The van der Waals surface area contributed by atoms with Crippen LogP contribution in [-0.4, -0.2) is 44.9 Å². The van der Waals surface area contributed by atoms with Crippen molar-refractivity contribution < 1.29 is 22.7 Å². The van der Waals surface area contributed by atoms with Gasteiger partial charge in [-0.2, -0.15) is 4.31 Å². The zero-order valence-corrected chi connectivity index (χ0v) is 20.0. The van der Waals surface area contributed by atoms with Gasteiger partial charge in [-0.15, -0.1) is 0 Å². The fourth-order valence-electron chi connectivity index (χ4n) is 4.26. The molecule has 0 saturated carbocycles. The van der Waals surface area contributed by atoms with Crippen molar-refractivity contribution in [2.75, 3.05) is 36.9 Å². The Balaban J connectivity index is 1.16. The van der Waals surface area contributed by atoms with Crippen LogP contribution >= 0.6 is 0 Å². The smallest absolute Gasteiger partial charge is 0.243 e. The summed E-state index contributed by atoms with van der Waals surface area (Å²) in [7, 11) is -3.68. The summed E-state index contributed by atoms with van der Waals surface area (Å²) < 4.78 is 38.7. The predicted molar refractivity (Wildman–Crippen MR) is 134 cm³/mol. The molecule has 8 nitrogen and oxygen atoms in total. The van der Waals surface area contributed by atoms with Gasteiger partial charge in [-0.3, -0.25) is 4.79 Å². The number of para-hydroxylation sites is 1. The molecule has 0 radical (unpaired) electrons. The summed E-state index contributed by atoms with van der Waals surface area (Å²) >= 11 is 0. The van der Waals surface area contributed by atoms with E-state index in [-0.39, 0.29) is 29.8 Å². The number of benzene rings is 3. The van der Waals surface area contributed by atoms with Gasteiger partial charge in [-0.1, -0.05) is 18.2 Å². The highest BCUT2D eigenvalue weighted by Gasteiger charge is 2.33. The van der Waals surface area contributed by atoms with Crippen LogP contribution in [0, 0.1) is 5.92 Å². The lowest BCUT2D eigenvalue weighted by atomic mass is 9.97. The second-order valence-electron chi connectivity index (χ2n) is 8.54. The Labute approximate surface area is 204 Å². The molecule has 2 heterocycles. The van der Waals surface area contributed by atoms with E-state index in [0.717, 1.165) is 11.4 Å². The average Bonchev–Trinajstić information content (AvgIpc) is 2.90. The number of carbonyl (C=O) groups excluding carboxylic acids is 1. The minimum atomic E-state index is -3.68. The molecular formula is C26H27N3O5S. The van der Waals surface area contributed by atoms with Crippen LogP contribution < -0.4 is 20.1 Å². The molecule has 0 atom stereocenters. The van der Waals surface area contributed by atoms with Crippen molar-refractivity contribution in [3.63, 3.8) is 0 Å². The maximum Gasteiger partial charge on any atom is 0.243 e. The third kappa shape index (κ3) is 5.26. The molecule has 2 aliphatic heterocycles. The number of piperidine rings is 1. The minimum absolute atomic E-state index is 0.0925. The van der Waals surface area contributed by atoms with Crippen molar-refractivity contribution in [1.29, 1.82) is 0 Å². The molecule has 1 amide bonds. The molecule has 9 heteroatoms. The first-order chi connectivity index (χ1) is 17.0. The Morgan fingerprint density at radius 2 is 1.43 bits per heavy atom. The molecule has 35 heavy (non-hydrogen) atoms. The maximum absolute atomic E-state index is 13.1. The SMILES string of the molecule is O=C(Nc1ccc(Nc2ccccc2)cc1)C1CCN(S(=O)(=O)c2ccc3c(c2)OCCO3)CC1. The second-order valence-corrected chi connectivity index (χ2v) is 10.5. The Morgan fingerprint density at radius 1 is 0.800 bits per heavy atom. The molecule has 2 N–H and O–H groups in total. The molecule has 1 fully saturated rings. The first-order valence-electron chi connectivity index (χ1n) is 11.6. The van der Waals surface area contributed by atoms with E-state index in [0.29, 0.717) is 43.2 Å². The summed E-state index contributed by atoms with van der Waals surface area (Å²) in [6, 6.07) is 22.0. The van der Waals surface area contributed by atoms with E-state index in [9.17, 15) is 13.2 Å². The Kier molecular flexibility index (Phi) is 6.61. The average molecular weight is 494 g/mol. The van der Waals surface area contributed by atoms with Gasteiger partial charge >= 0.3 is 0 Å². The first-order valence-corrected chi connectivity index (χ1v) is 13.1. The van der Waals surface area contributed by atoms with Crippen molar-refractivity contribution in [1.82, 2.24) is 4.31 Å². The van der Waals surface area contributed by atoms with Crippen LogP contribution in [0.2, 0.25) is 0 Å². The van der Waals surface area contributed by atoms with E-state index in [1.807, 2.05) is 54.6 Å². The molecule has 5 rings (SSSR count). The summed E-state index contributed by atoms with van der Waals surface area (Å²) in [4.78, 5) is 13.0. The molecule has 3 aromatic carbocycles. The van der Waals surface area contributed by atoms with Crippen LogP contribution in [0.25, 0.3) is 0 Å². The standard InChI is InChI=1S/C26H27N3O5S/c30-26(28-22-8-6-21(7-9-22)27-20-4-2-1-3-5-20)19-12-14-29(15-13-19)35(31,32)23-10-11-24-25(18-23)34-17-16-33-24/h1-11,18-19,27H,12-17H2,(H,28,30). The Bertz CT molecular complexity index is 1290. The van der Waals surface area contributed by atoms with Gasteiger partial charge in [0.2, 0.25) is 15.9 Å². The number of carbonyl (C=O) groups is 1. The highest BCUT2D eigenvalue weighted by atomic mass is 32.2. The van der Waals surface area contributed by atoms with Crippen LogP contribution in [0.5, 0.6) is 11.5 Å². The Morgan fingerprint density at radius 3 is 2.14 bits per heavy atom. The zero-order chi connectivity index (χ0) is 24.3. The van der Waals surface area contributed by atoms with Crippen molar-refractivity contribution in [2.24, 2.45) is 5.92 Å². The number of hydrogen-bond acceptors (Lipinski definition) is 6. The highest BCUT2D eigenvalue weighted by molar-refractivity contribution is 7.89. The first kappa shape index (κ1) is 23.2. The molecule has 182 valence electrons. The van der Waals surface area contributed by atoms with Crippen LogP contribution in [0.4, 0.5) is 17.1 Å². The number of rotatable bonds is 6. The fourth-order valence-corrected chi connectivity index (χ4v) is 5.75. The molecule has 1 saturated heterocycles. The van der Waals surface area contributed by atoms with Gasteiger partial charge in [-0.05, 0) is 61.4 Å². The summed E-state index contributed by atoms with van der Waals surface area (Å²) in [5, 5.41) is 6.26. The third-order valence-electron chi connectivity index (χ3n) is 6.19. The van der Waals surface area contributed by atoms with Crippen LogP contribution in [0.1, 0.15) is 12.8 Å². The number of anilines is 3. The lowest BCUT2D eigenvalue weighted by Crippen LogP contribution is -2.41. The molecular weight excluding hydrogens is 466 g/mol. The number of ether oxygens (including phenoxy) is 2. The Hall–Kier alpha value is -3.56. The van der Waals surface area contributed by atoms with Crippen molar-refractivity contribution >= 4 is 33.0 Å². The minimum Gasteiger partial charge on any atom is -0.486 e. The van der Waals surface area contributed by atoms with E-state index in [2.05, 4.69) is 10.6 Å². The molecule has 0 aromatic heterocycles. The summed E-state index contributed by atoms with van der Waals surface area (Å²) in [6.45, 7) is 1.41. The monoisotopic (exact) mass is 493 g/mol. The number of nitrogens with one attached hydrogen (secondary N) is 2. The van der Waals surface area contributed by atoms with Crippen molar-refractivity contribution in [2.45, 2.75) is 17.7 Å². The quantitative estimate of drug-likeness (QED) is 0.533. The fraction of sp³-hybridized carbons (Fsp3) is 0.269. The van der Waals surface area contributed by atoms with Crippen LogP contribution in [0.3, 0.4) is 0 Å². The van der Waals surface area contributed by atoms with Crippen LogP contribution in [0.15, 0.2) is 77.7 Å². The number of sulfonamides is 1.